The van der Waals surface area contributed by atoms with Gasteiger partial charge in [0.25, 0.3) is 0 Å². The highest BCUT2D eigenvalue weighted by Gasteiger charge is 2.22. The molecule has 0 aromatic heterocycles. The average Bonchev–Trinajstić information content (AvgIpc) is 2.38. The Bertz CT molecular complexity index is 663. The molecule has 2 aromatic carbocycles. The normalized spacial score (nSPS) is 10.3. The minimum Gasteiger partial charge on any atom is -0.285 e. The lowest BCUT2D eigenvalue weighted by Crippen LogP contribution is -2.15. The van der Waals surface area contributed by atoms with Crippen LogP contribution in [0.15, 0.2) is 42.5 Å². The number of aryl methyl sites for hydroxylation is 1. The molecule has 96 valence electrons. The number of ketones is 2. The van der Waals surface area contributed by atoms with E-state index >= 15 is 0 Å². The second kappa shape index (κ2) is 5.55. The Morgan fingerprint density at radius 1 is 0.842 bits per heavy atom. The van der Waals surface area contributed by atoms with Crippen molar-refractivity contribution in [3.05, 3.63) is 69.2 Å². The number of Topliss-reactive ketones (excluding diaryl/α,β-unsaturated/α-hetero) is 2. The van der Waals surface area contributed by atoms with E-state index in [1.807, 2.05) is 6.92 Å². The molecular weight excluding hydrogens is 283 g/mol. The first-order chi connectivity index (χ1) is 9.00. The van der Waals surface area contributed by atoms with Crippen molar-refractivity contribution >= 4 is 34.8 Å². The first-order valence-electron chi connectivity index (χ1n) is 5.60. The third-order valence-corrected chi connectivity index (χ3v) is 3.34. The van der Waals surface area contributed by atoms with Gasteiger partial charge in [0.15, 0.2) is 0 Å². The van der Waals surface area contributed by atoms with Gasteiger partial charge in [-0.3, -0.25) is 9.59 Å². The highest BCUT2D eigenvalue weighted by Crippen LogP contribution is 2.22. The molecule has 0 fully saturated rings. The molecule has 2 nitrogen and oxygen atoms in total. The van der Waals surface area contributed by atoms with Gasteiger partial charge in [-0.2, -0.15) is 0 Å². The minimum atomic E-state index is -0.656. The summed E-state index contributed by atoms with van der Waals surface area (Å²) < 4.78 is 0. The van der Waals surface area contributed by atoms with E-state index in [9.17, 15) is 9.59 Å². The Morgan fingerprint density at radius 3 is 2.00 bits per heavy atom. The molecule has 0 amide bonds. The molecule has 0 aliphatic carbocycles. The van der Waals surface area contributed by atoms with Gasteiger partial charge in [0.05, 0.1) is 10.0 Å². The van der Waals surface area contributed by atoms with Gasteiger partial charge >= 0.3 is 0 Å². The van der Waals surface area contributed by atoms with Crippen LogP contribution in [-0.2, 0) is 0 Å². The monoisotopic (exact) mass is 292 g/mol. The van der Waals surface area contributed by atoms with E-state index in [0.717, 1.165) is 5.56 Å². The third kappa shape index (κ3) is 2.86. The number of hydrogen-bond acceptors (Lipinski definition) is 2. The zero-order chi connectivity index (χ0) is 14.0. The number of halogens is 2. The molecule has 0 saturated heterocycles. The van der Waals surface area contributed by atoms with E-state index in [0.29, 0.717) is 0 Å². The lowest BCUT2D eigenvalue weighted by atomic mass is 10.0. The Labute approximate surface area is 121 Å². The minimum absolute atomic E-state index is 0.186. The molecule has 0 atom stereocenters. The molecule has 0 saturated carbocycles. The molecule has 2 aromatic rings. The molecule has 0 aliphatic heterocycles. The highest BCUT2D eigenvalue weighted by molar-refractivity contribution is 6.53. The Balaban J connectivity index is 2.40. The zero-order valence-electron chi connectivity index (χ0n) is 10.1. The van der Waals surface area contributed by atoms with E-state index in [1.54, 1.807) is 36.4 Å². The molecule has 0 N–H and O–H groups in total. The Kier molecular flexibility index (Phi) is 4.03. The van der Waals surface area contributed by atoms with Gasteiger partial charge < -0.3 is 0 Å². The van der Waals surface area contributed by atoms with Gasteiger partial charge in [0.2, 0.25) is 11.6 Å². The lowest BCUT2D eigenvalue weighted by Gasteiger charge is -2.05. The van der Waals surface area contributed by atoms with Crippen molar-refractivity contribution in [2.75, 3.05) is 0 Å². The summed E-state index contributed by atoms with van der Waals surface area (Å²) >= 11 is 11.9. The second-order valence-electron chi connectivity index (χ2n) is 4.12. The maximum Gasteiger partial charge on any atom is 0.235 e. The number of hydrogen-bond donors (Lipinski definition) is 0. The van der Waals surface area contributed by atoms with Crippen molar-refractivity contribution < 1.29 is 9.59 Å². The molecule has 0 spiro atoms. The van der Waals surface area contributed by atoms with Crippen LogP contribution in [0.1, 0.15) is 26.3 Å². The smallest absolute Gasteiger partial charge is 0.235 e. The average molecular weight is 293 g/mol. The predicted octanol–water partition coefficient (Wildman–Crippen LogP) is 4.37. The summed E-state index contributed by atoms with van der Waals surface area (Å²) in [5.41, 5.74) is 1.30. The van der Waals surface area contributed by atoms with Crippen LogP contribution in [0.4, 0.5) is 0 Å². The largest absolute Gasteiger partial charge is 0.285 e. The van der Waals surface area contributed by atoms with Crippen LogP contribution < -0.4 is 0 Å². The zero-order valence-corrected chi connectivity index (χ0v) is 11.6. The van der Waals surface area contributed by atoms with E-state index < -0.39 is 11.6 Å². The summed E-state index contributed by atoms with van der Waals surface area (Å²) in [7, 11) is 0. The molecule has 0 heterocycles. The van der Waals surface area contributed by atoms with Crippen molar-refractivity contribution in [1.29, 1.82) is 0 Å². The SMILES string of the molecule is Cc1ccc(C(=O)C(=O)c2ccccc2Cl)c(Cl)c1. The molecule has 4 heteroatoms. The molecule has 0 bridgehead atoms. The van der Waals surface area contributed by atoms with Gasteiger partial charge in [-0.1, -0.05) is 41.4 Å². The fourth-order valence-electron chi connectivity index (χ4n) is 1.69. The maximum atomic E-state index is 12.1. The van der Waals surface area contributed by atoms with Crippen LogP contribution in [0, 0.1) is 6.92 Å². The Morgan fingerprint density at radius 2 is 1.42 bits per heavy atom. The van der Waals surface area contributed by atoms with Crippen molar-refractivity contribution in [3.63, 3.8) is 0 Å². The van der Waals surface area contributed by atoms with Crippen molar-refractivity contribution in [3.8, 4) is 0 Å². The number of rotatable bonds is 3. The number of benzene rings is 2. The Hall–Kier alpha value is -1.64. The summed E-state index contributed by atoms with van der Waals surface area (Å²) in [4.78, 5) is 24.2. The summed E-state index contributed by atoms with van der Waals surface area (Å²) in [6.45, 7) is 1.86. The van der Waals surface area contributed by atoms with Crippen LogP contribution in [0.3, 0.4) is 0 Å². The molecule has 0 aliphatic rings. The van der Waals surface area contributed by atoms with E-state index in [1.165, 1.54) is 6.07 Å². The maximum absolute atomic E-state index is 12.1. The van der Waals surface area contributed by atoms with E-state index in [-0.39, 0.29) is 21.2 Å². The van der Waals surface area contributed by atoms with Gasteiger partial charge in [-0.25, -0.2) is 0 Å². The number of carbonyl (C=O) groups is 2. The fourth-order valence-corrected chi connectivity index (χ4v) is 2.24. The summed E-state index contributed by atoms with van der Waals surface area (Å²) in [5.74, 6) is -1.31. The van der Waals surface area contributed by atoms with Crippen LogP contribution in [-0.4, -0.2) is 11.6 Å². The molecule has 0 unspecified atom stereocenters. The van der Waals surface area contributed by atoms with Crippen LogP contribution in [0.2, 0.25) is 10.0 Å². The predicted molar refractivity (Wildman–Crippen MR) is 76.3 cm³/mol. The van der Waals surface area contributed by atoms with Gasteiger partial charge in [-0.05, 0) is 36.8 Å². The molecule has 2 rings (SSSR count). The summed E-state index contributed by atoms with van der Waals surface area (Å²) in [5, 5.41) is 0.523. The van der Waals surface area contributed by atoms with Crippen molar-refractivity contribution in [2.45, 2.75) is 6.92 Å². The van der Waals surface area contributed by atoms with E-state index in [4.69, 9.17) is 23.2 Å². The second-order valence-corrected chi connectivity index (χ2v) is 4.94. The van der Waals surface area contributed by atoms with Crippen LogP contribution in [0.5, 0.6) is 0 Å². The fraction of sp³-hybridized carbons (Fsp3) is 0.0667. The summed E-state index contributed by atoms with van der Waals surface area (Å²) in [6.07, 6.45) is 0. The summed E-state index contributed by atoms with van der Waals surface area (Å²) in [6, 6.07) is 11.4. The third-order valence-electron chi connectivity index (χ3n) is 2.69. The van der Waals surface area contributed by atoms with Gasteiger partial charge in [0, 0.05) is 11.1 Å². The number of carbonyl (C=O) groups excluding carboxylic acids is 2. The molecular formula is C15H10Cl2O2. The van der Waals surface area contributed by atoms with Gasteiger partial charge in [0.1, 0.15) is 0 Å². The first-order valence-corrected chi connectivity index (χ1v) is 6.36. The van der Waals surface area contributed by atoms with Crippen LogP contribution >= 0.6 is 23.2 Å². The van der Waals surface area contributed by atoms with Crippen molar-refractivity contribution in [1.82, 2.24) is 0 Å². The quantitative estimate of drug-likeness (QED) is 0.622. The first kappa shape index (κ1) is 13.8. The van der Waals surface area contributed by atoms with Gasteiger partial charge in [-0.15, -0.1) is 0 Å². The topological polar surface area (TPSA) is 34.1 Å². The van der Waals surface area contributed by atoms with Crippen LogP contribution in [0.25, 0.3) is 0 Å². The van der Waals surface area contributed by atoms with E-state index in [2.05, 4.69) is 0 Å². The standard InChI is InChI=1S/C15H10Cl2O2/c1-9-6-7-11(13(17)8-9)15(19)14(18)10-4-2-3-5-12(10)16/h2-8H,1H3. The molecule has 19 heavy (non-hydrogen) atoms. The highest BCUT2D eigenvalue weighted by atomic mass is 35.5. The molecule has 0 radical (unpaired) electrons. The van der Waals surface area contributed by atoms with Crippen molar-refractivity contribution in [2.24, 2.45) is 0 Å². The lowest BCUT2D eigenvalue weighted by molar-refractivity contribution is 0.0817.